The molecule has 0 spiro atoms. The molecule has 0 bridgehead atoms. The van der Waals surface area contributed by atoms with E-state index in [-0.39, 0.29) is 0 Å². The van der Waals surface area contributed by atoms with Crippen molar-refractivity contribution in [1.82, 2.24) is 9.55 Å². The number of rotatable bonds is 4. The van der Waals surface area contributed by atoms with Crippen molar-refractivity contribution in [3.63, 3.8) is 0 Å². The van der Waals surface area contributed by atoms with Crippen LogP contribution in [-0.2, 0) is 16.4 Å². The molecule has 5 heteroatoms. The standard InChI is InChI=1S/C22H20N2O2S/c1-16-20-7-3-4-8-21(20)24(22(16)18-6-5-13-23-14-18)15-17-9-11-19(12-10-17)27(2,25)26/h3-14H,15H2,1-2H3. The lowest BCUT2D eigenvalue weighted by atomic mass is 10.1. The van der Waals surface area contributed by atoms with Gasteiger partial charge in [-0.25, -0.2) is 8.42 Å². The zero-order valence-electron chi connectivity index (χ0n) is 15.3. The van der Waals surface area contributed by atoms with Gasteiger partial charge in [-0.2, -0.15) is 0 Å². The molecule has 4 rings (SSSR count). The highest BCUT2D eigenvalue weighted by atomic mass is 32.2. The Morgan fingerprint density at radius 3 is 2.37 bits per heavy atom. The number of aromatic nitrogens is 2. The molecule has 0 amide bonds. The van der Waals surface area contributed by atoms with E-state index < -0.39 is 9.84 Å². The Kier molecular flexibility index (Phi) is 4.32. The van der Waals surface area contributed by atoms with Crippen LogP contribution in [0.1, 0.15) is 11.1 Å². The van der Waals surface area contributed by atoms with Crippen LogP contribution in [0.4, 0.5) is 0 Å². The van der Waals surface area contributed by atoms with Gasteiger partial charge >= 0.3 is 0 Å². The highest BCUT2D eigenvalue weighted by Gasteiger charge is 2.16. The number of hydrogen-bond acceptors (Lipinski definition) is 3. The first-order valence-corrected chi connectivity index (χ1v) is 10.6. The van der Waals surface area contributed by atoms with Crippen molar-refractivity contribution < 1.29 is 8.42 Å². The highest BCUT2D eigenvalue weighted by molar-refractivity contribution is 7.90. The molecule has 0 unspecified atom stereocenters. The third-order valence-corrected chi connectivity index (χ3v) is 5.98. The smallest absolute Gasteiger partial charge is 0.175 e. The molecule has 2 aromatic heterocycles. The van der Waals surface area contributed by atoms with Gasteiger partial charge in [0.25, 0.3) is 0 Å². The van der Waals surface area contributed by atoms with Gasteiger partial charge in [-0.05, 0) is 48.4 Å². The normalized spacial score (nSPS) is 11.8. The van der Waals surface area contributed by atoms with E-state index >= 15 is 0 Å². The molecule has 4 nitrogen and oxygen atoms in total. The minimum Gasteiger partial charge on any atom is -0.336 e. The summed E-state index contributed by atoms with van der Waals surface area (Å²) in [7, 11) is -3.19. The molecular weight excluding hydrogens is 356 g/mol. The minimum atomic E-state index is -3.19. The molecule has 4 aromatic rings. The molecule has 2 heterocycles. The van der Waals surface area contributed by atoms with E-state index in [2.05, 4.69) is 34.7 Å². The molecule has 0 aliphatic rings. The number of aryl methyl sites for hydroxylation is 1. The number of pyridine rings is 1. The molecule has 0 fully saturated rings. The lowest BCUT2D eigenvalue weighted by Gasteiger charge is -2.12. The number of sulfone groups is 1. The fourth-order valence-corrected chi connectivity index (χ4v) is 4.17. The number of benzene rings is 2. The van der Waals surface area contributed by atoms with Crippen molar-refractivity contribution in [2.24, 2.45) is 0 Å². The topological polar surface area (TPSA) is 52.0 Å². The van der Waals surface area contributed by atoms with Crippen LogP contribution in [-0.4, -0.2) is 24.2 Å². The molecule has 0 saturated carbocycles. The van der Waals surface area contributed by atoms with Crippen LogP contribution in [0, 0.1) is 6.92 Å². The fourth-order valence-electron chi connectivity index (χ4n) is 3.54. The zero-order valence-corrected chi connectivity index (χ0v) is 16.1. The third kappa shape index (κ3) is 3.26. The van der Waals surface area contributed by atoms with E-state index in [0.717, 1.165) is 22.3 Å². The summed E-state index contributed by atoms with van der Waals surface area (Å²) in [6, 6.07) is 19.5. The van der Waals surface area contributed by atoms with E-state index in [1.165, 1.54) is 17.2 Å². The Balaban J connectivity index is 1.86. The second kappa shape index (κ2) is 6.67. The van der Waals surface area contributed by atoms with Crippen LogP contribution < -0.4 is 0 Å². The van der Waals surface area contributed by atoms with Crippen LogP contribution in [0.5, 0.6) is 0 Å². The molecule has 0 aliphatic heterocycles. The van der Waals surface area contributed by atoms with Crippen LogP contribution in [0.2, 0.25) is 0 Å². The third-order valence-electron chi connectivity index (χ3n) is 4.85. The average molecular weight is 376 g/mol. The van der Waals surface area contributed by atoms with Crippen molar-refractivity contribution >= 4 is 20.7 Å². The first-order chi connectivity index (χ1) is 12.9. The van der Waals surface area contributed by atoms with Crippen molar-refractivity contribution in [3.05, 3.63) is 84.2 Å². The average Bonchev–Trinajstić information content (AvgIpc) is 2.94. The molecule has 0 saturated heterocycles. The summed E-state index contributed by atoms with van der Waals surface area (Å²) < 4.78 is 25.7. The Bertz CT molecular complexity index is 1210. The first kappa shape index (κ1) is 17.5. The molecule has 136 valence electrons. The molecule has 27 heavy (non-hydrogen) atoms. The second-order valence-electron chi connectivity index (χ2n) is 6.73. The summed E-state index contributed by atoms with van der Waals surface area (Å²) in [5, 5.41) is 1.21. The largest absolute Gasteiger partial charge is 0.336 e. The van der Waals surface area contributed by atoms with Crippen molar-refractivity contribution in [2.45, 2.75) is 18.4 Å². The maximum Gasteiger partial charge on any atom is 0.175 e. The van der Waals surface area contributed by atoms with E-state index in [1.807, 2.05) is 36.5 Å². The van der Waals surface area contributed by atoms with Gasteiger partial charge in [0.2, 0.25) is 0 Å². The maximum atomic E-state index is 11.7. The lowest BCUT2D eigenvalue weighted by molar-refractivity contribution is 0.602. The predicted octanol–water partition coefficient (Wildman–Crippen LogP) is 4.46. The maximum absolute atomic E-state index is 11.7. The number of para-hydroxylation sites is 1. The van der Waals surface area contributed by atoms with Gasteiger partial charge in [-0.3, -0.25) is 4.98 Å². The highest BCUT2D eigenvalue weighted by Crippen LogP contribution is 2.33. The van der Waals surface area contributed by atoms with Gasteiger partial charge in [0.05, 0.1) is 10.6 Å². The van der Waals surface area contributed by atoms with Crippen LogP contribution >= 0.6 is 0 Å². The minimum absolute atomic E-state index is 0.340. The quantitative estimate of drug-likeness (QED) is 0.528. The van der Waals surface area contributed by atoms with Gasteiger partial charge in [0.15, 0.2) is 9.84 Å². The van der Waals surface area contributed by atoms with E-state index in [0.29, 0.717) is 11.4 Å². The molecule has 0 N–H and O–H groups in total. The van der Waals surface area contributed by atoms with Gasteiger partial charge in [0, 0.05) is 41.7 Å². The molecular formula is C22H20N2O2S. The van der Waals surface area contributed by atoms with Gasteiger partial charge in [0.1, 0.15) is 0 Å². The SMILES string of the molecule is Cc1c(-c2cccnc2)n(Cc2ccc(S(C)(=O)=O)cc2)c2ccccc12. The number of hydrogen-bond donors (Lipinski definition) is 0. The monoisotopic (exact) mass is 376 g/mol. The summed E-state index contributed by atoms with van der Waals surface area (Å²) in [6.07, 6.45) is 4.88. The molecule has 2 aromatic carbocycles. The second-order valence-corrected chi connectivity index (χ2v) is 8.75. The number of nitrogens with zero attached hydrogens (tertiary/aromatic N) is 2. The van der Waals surface area contributed by atoms with E-state index in [1.54, 1.807) is 18.3 Å². The van der Waals surface area contributed by atoms with Crippen molar-refractivity contribution in [1.29, 1.82) is 0 Å². The van der Waals surface area contributed by atoms with Crippen LogP contribution in [0.3, 0.4) is 0 Å². The number of fused-ring (bicyclic) bond motifs is 1. The molecule has 0 atom stereocenters. The Labute approximate surface area is 159 Å². The van der Waals surface area contributed by atoms with E-state index in [4.69, 9.17) is 0 Å². The Hall–Kier alpha value is -2.92. The zero-order chi connectivity index (χ0) is 19.0. The Morgan fingerprint density at radius 1 is 0.963 bits per heavy atom. The predicted molar refractivity (Wildman–Crippen MR) is 109 cm³/mol. The van der Waals surface area contributed by atoms with Crippen molar-refractivity contribution in [2.75, 3.05) is 6.26 Å². The molecule has 0 radical (unpaired) electrons. The van der Waals surface area contributed by atoms with Crippen LogP contribution in [0.25, 0.3) is 22.2 Å². The summed E-state index contributed by atoms with van der Waals surface area (Å²) in [6.45, 7) is 2.79. The first-order valence-electron chi connectivity index (χ1n) is 8.72. The summed E-state index contributed by atoms with van der Waals surface area (Å²) in [4.78, 5) is 4.62. The summed E-state index contributed by atoms with van der Waals surface area (Å²) in [5.41, 5.74) is 5.62. The fraction of sp³-hybridized carbons (Fsp3) is 0.136. The van der Waals surface area contributed by atoms with Gasteiger partial charge in [-0.15, -0.1) is 0 Å². The lowest BCUT2D eigenvalue weighted by Crippen LogP contribution is -2.03. The molecule has 0 aliphatic carbocycles. The van der Waals surface area contributed by atoms with E-state index in [9.17, 15) is 8.42 Å². The summed E-state index contributed by atoms with van der Waals surface area (Å²) >= 11 is 0. The summed E-state index contributed by atoms with van der Waals surface area (Å²) in [5.74, 6) is 0. The van der Waals surface area contributed by atoms with Crippen molar-refractivity contribution in [3.8, 4) is 11.3 Å². The van der Waals surface area contributed by atoms with Crippen LogP contribution in [0.15, 0.2) is 78.0 Å². The van der Waals surface area contributed by atoms with Gasteiger partial charge in [-0.1, -0.05) is 30.3 Å². The van der Waals surface area contributed by atoms with Gasteiger partial charge < -0.3 is 4.57 Å². The Morgan fingerprint density at radius 2 is 1.70 bits per heavy atom.